The second-order valence-corrected chi connectivity index (χ2v) is 4.29. The van der Waals surface area contributed by atoms with Gasteiger partial charge in [0.1, 0.15) is 12.4 Å². The average molecular weight is 285 g/mol. The fraction of sp³-hybridized carbons (Fsp3) is 0.462. The van der Waals surface area contributed by atoms with Crippen molar-refractivity contribution in [2.24, 2.45) is 0 Å². The van der Waals surface area contributed by atoms with Crippen LogP contribution in [0.5, 0.6) is 0 Å². The van der Waals surface area contributed by atoms with Crippen LogP contribution < -0.4 is 4.90 Å². The number of anilines is 1. The Bertz CT molecular complexity index is 492. The lowest BCUT2D eigenvalue weighted by Gasteiger charge is -2.21. The highest BCUT2D eigenvalue weighted by molar-refractivity contribution is 5.90. The first-order valence-corrected chi connectivity index (χ1v) is 6.04. The molecule has 1 saturated heterocycles. The van der Waals surface area contributed by atoms with Crippen LogP contribution in [0.15, 0.2) is 18.2 Å². The van der Waals surface area contributed by atoms with E-state index in [4.69, 9.17) is 14.2 Å². The first-order valence-electron chi connectivity index (χ1n) is 6.04. The second kappa shape index (κ2) is 6.17. The van der Waals surface area contributed by atoms with E-state index in [1.165, 1.54) is 31.3 Å². The zero-order valence-corrected chi connectivity index (χ0v) is 11.2. The second-order valence-electron chi connectivity index (χ2n) is 4.29. The van der Waals surface area contributed by atoms with Gasteiger partial charge in [0.2, 0.25) is 0 Å². The molecule has 110 valence electrons. The van der Waals surface area contributed by atoms with Gasteiger partial charge in [-0.1, -0.05) is 0 Å². The molecule has 0 aliphatic carbocycles. The van der Waals surface area contributed by atoms with Crippen LogP contribution in [0.3, 0.4) is 0 Å². The van der Waals surface area contributed by atoms with Crippen molar-refractivity contribution >= 4 is 11.8 Å². The minimum absolute atomic E-state index is 0.0808. The summed E-state index contributed by atoms with van der Waals surface area (Å²) in [5.41, 5.74) is 0.547. The Morgan fingerprint density at radius 2 is 2.20 bits per heavy atom. The number of aliphatic hydroxyl groups excluding tert-OH is 1. The molecule has 1 fully saturated rings. The van der Waals surface area contributed by atoms with Crippen LogP contribution in [0.1, 0.15) is 11.9 Å². The van der Waals surface area contributed by atoms with Crippen LogP contribution in [0.4, 0.5) is 14.9 Å². The number of ether oxygens (including phenoxy) is 3. The predicted octanol–water partition coefficient (Wildman–Crippen LogP) is 1.43. The SMILES string of the molecule is COC(OC)c1ccc(N2C(=O)OC[C@H]2CO)cc1F. The number of nitrogens with zero attached hydrogens (tertiary/aromatic N) is 1. The first-order chi connectivity index (χ1) is 9.62. The Hall–Kier alpha value is -1.70. The molecule has 0 bridgehead atoms. The number of benzene rings is 1. The topological polar surface area (TPSA) is 68.2 Å². The van der Waals surface area contributed by atoms with E-state index in [1.807, 2.05) is 0 Å². The smallest absolute Gasteiger partial charge is 0.414 e. The lowest BCUT2D eigenvalue weighted by atomic mass is 10.1. The van der Waals surface area contributed by atoms with E-state index in [0.717, 1.165) is 0 Å². The third-order valence-corrected chi connectivity index (χ3v) is 3.12. The molecular weight excluding hydrogens is 269 g/mol. The summed E-state index contributed by atoms with van der Waals surface area (Å²) in [7, 11) is 2.81. The number of hydrogen-bond donors (Lipinski definition) is 1. The number of cyclic esters (lactones) is 1. The summed E-state index contributed by atoms with van der Waals surface area (Å²) in [6.07, 6.45) is -1.42. The Morgan fingerprint density at radius 1 is 1.50 bits per heavy atom. The molecule has 0 spiro atoms. The summed E-state index contributed by atoms with van der Waals surface area (Å²) in [5, 5.41) is 9.20. The van der Waals surface area contributed by atoms with Crippen LogP contribution in [0.25, 0.3) is 0 Å². The van der Waals surface area contributed by atoms with Gasteiger partial charge in [-0.25, -0.2) is 9.18 Å². The summed E-state index contributed by atoms with van der Waals surface area (Å²) in [6, 6.07) is 3.71. The molecule has 20 heavy (non-hydrogen) atoms. The summed E-state index contributed by atoms with van der Waals surface area (Å²) in [6.45, 7) is -0.175. The van der Waals surface area contributed by atoms with E-state index >= 15 is 0 Å². The molecule has 1 aromatic carbocycles. The van der Waals surface area contributed by atoms with Crippen LogP contribution in [0.2, 0.25) is 0 Å². The van der Waals surface area contributed by atoms with E-state index in [2.05, 4.69) is 0 Å². The summed E-state index contributed by atoms with van der Waals surface area (Å²) in [5.74, 6) is -0.562. The van der Waals surface area contributed by atoms with Gasteiger partial charge in [0.25, 0.3) is 0 Å². The van der Waals surface area contributed by atoms with Gasteiger partial charge in [0.15, 0.2) is 6.29 Å². The third-order valence-electron chi connectivity index (χ3n) is 3.12. The quantitative estimate of drug-likeness (QED) is 0.829. The van der Waals surface area contributed by atoms with E-state index < -0.39 is 24.2 Å². The lowest BCUT2D eigenvalue weighted by Crippen LogP contribution is -2.36. The molecule has 1 amide bonds. The van der Waals surface area contributed by atoms with Gasteiger partial charge < -0.3 is 19.3 Å². The van der Waals surface area contributed by atoms with Gasteiger partial charge in [0, 0.05) is 19.8 Å². The maximum atomic E-state index is 14.1. The average Bonchev–Trinajstić information content (AvgIpc) is 2.82. The molecule has 7 heteroatoms. The van der Waals surface area contributed by atoms with Crippen LogP contribution >= 0.6 is 0 Å². The molecule has 0 aromatic heterocycles. The molecular formula is C13H16FNO5. The van der Waals surface area contributed by atoms with Crippen LogP contribution in [-0.2, 0) is 14.2 Å². The molecule has 0 saturated carbocycles. The Balaban J connectivity index is 2.31. The molecule has 1 atom stereocenters. The van der Waals surface area contributed by atoms with Crippen LogP contribution in [0, 0.1) is 5.82 Å². The number of hydrogen-bond acceptors (Lipinski definition) is 5. The van der Waals surface area contributed by atoms with Crippen molar-refractivity contribution in [2.45, 2.75) is 12.3 Å². The van der Waals surface area contributed by atoms with Gasteiger partial charge in [-0.2, -0.15) is 0 Å². The number of carbonyl (C=O) groups is 1. The Kier molecular flexibility index (Phi) is 4.53. The van der Waals surface area contributed by atoms with Gasteiger partial charge in [-0.15, -0.1) is 0 Å². The highest BCUT2D eigenvalue weighted by Gasteiger charge is 2.34. The summed E-state index contributed by atoms with van der Waals surface area (Å²) < 4.78 is 28.9. The van der Waals surface area contributed by atoms with E-state index in [0.29, 0.717) is 5.69 Å². The maximum Gasteiger partial charge on any atom is 0.414 e. The molecule has 1 N–H and O–H groups in total. The fourth-order valence-corrected chi connectivity index (χ4v) is 2.12. The number of halogens is 1. The fourth-order valence-electron chi connectivity index (χ4n) is 2.12. The number of rotatable bonds is 5. The van der Waals surface area contributed by atoms with Gasteiger partial charge >= 0.3 is 6.09 Å². The number of amides is 1. The largest absolute Gasteiger partial charge is 0.447 e. The van der Waals surface area contributed by atoms with Crippen molar-refractivity contribution in [1.29, 1.82) is 0 Å². The van der Waals surface area contributed by atoms with Crippen molar-refractivity contribution in [1.82, 2.24) is 0 Å². The van der Waals surface area contributed by atoms with Crippen molar-refractivity contribution < 1.29 is 28.5 Å². The molecule has 1 heterocycles. The monoisotopic (exact) mass is 285 g/mol. The number of carbonyl (C=O) groups excluding carboxylic acids is 1. The molecule has 0 unspecified atom stereocenters. The van der Waals surface area contributed by atoms with Gasteiger partial charge in [-0.05, 0) is 18.2 Å². The zero-order chi connectivity index (χ0) is 14.7. The van der Waals surface area contributed by atoms with Crippen molar-refractivity contribution in [3.63, 3.8) is 0 Å². The number of methoxy groups -OCH3 is 2. The van der Waals surface area contributed by atoms with Gasteiger partial charge in [-0.3, -0.25) is 4.90 Å². The molecule has 6 nitrogen and oxygen atoms in total. The van der Waals surface area contributed by atoms with Crippen molar-refractivity contribution in [3.05, 3.63) is 29.6 Å². The Morgan fingerprint density at radius 3 is 2.75 bits per heavy atom. The van der Waals surface area contributed by atoms with E-state index in [-0.39, 0.29) is 18.8 Å². The standard InChI is InChI=1S/C13H16FNO5/c1-18-12(19-2)10-4-3-8(5-11(10)14)15-9(6-16)7-20-13(15)17/h3-5,9,12,16H,6-7H2,1-2H3/t9-/m1/s1. The predicted molar refractivity (Wildman–Crippen MR) is 67.9 cm³/mol. The molecule has 2 rings (SSSR count). The van der Waals surface area contributed by atoms with E-state index in [1.54, 1.807) is 6.07 Å². The Labute approximate surface area is 115 Å². The normalized spacial score (nSPS) is 18.8. The molecule has 1 aliphatic rings. The summed E-state index contributed by atoms with van der Waals surface area (Å²) in [4.78, 5) is 12.8. The van der Waals surface area contributed by atoms with E-state index in [9.17, 15) is 14.3 Å². The summed E-state index contributed by atoms with van der Waals surface area (Å²) >= 11 is 0. The van der Waals surface area contributed by atoms with Crippen molar-refractivity contribution in [2.75, 3.05) is 32.3 Å². The zero-order valence-electron chi connectivity index (χ0n) is 11.2. The van der Waals surface area contributed by atoms with Crippen molar-refractivity contribution in [3.8, 4) is 0 Å². The number of aliphatic hydroxyl groups is 1. The third kappa shape index (κ3) is 2.60. The highest BCUT2D eigenvalue weighted by atomic mass is 19.1. The minimum atomic E-state index is -0.816. The molecule has 1 aromatic rings. The molecule has 0 radical (unpaired) electrons. The first kappa shape index (κ1) is 14.7. The minimum Gasteiger partial charge on any atom is -0.447 e. The lowest BCUT2D eigenvalue weighted by molar-refractivity contribution is -0.107. The maximum absolute atomic E-state index is 14.1. The highest BCUT2D eigenvalue weighted by Crippen LogP contribution is 2.28. The molecule has 1 aliphatic heterocycles. The van der Waals surface area contributed by atoms with Crippen LogP contribution in [-0.4, -0.2) is 44.7 Å². The van der Waals surface area contributed by atoms with Gasteiger partial charge in [0.05, 0.1) is 18.3 Å².